The molecule has 5 rings (SSSR count). The molecule has 0 spiro atoms. The lowest BCUT2D eigenvalue weighted by Crippen LogP contribution is -2.00. The smallest absolute Gasteiger partial charge is 0.231 e. The van der Waals surface area contributed by atoms with E-state index in [0.717, 1.165) is 56.6 Å². The Balaban J connectivity index is 0.000000994. The standard InChI is InChI=1S/C23H21NO3.C2H6/c1-4-14-8-17-16(7-12(14)2)22(21-13(3)25-10-18(21)23(17)24)15-5-6-19-20(9-15)27-11-26-19;1-2/h5-9H,3-4,10-11,24H2,1-2H3;1-2H3. The van der Waals surface area contributed by atoms with Crippen molar-refractivity contribution in [3.8, 4) is 22.6 Å². The SMILES string of the molecule is C=C1OCc2c1c(-c1ccc3c(c1)OCO3)c1cc(C)c(CC)cc1c2N.CC. The van der Waals surface area contributed by atoms with Gasteiger partial charge >= 0.3 is 0 Å². The zero-order valence-electron chi connectivity index (χ0n) is 17.5. The summed E-state index contributed by atoms with van der Waals surface area (Å²) in [5.41, 5.74) is 14.1. The molecule has 2 N–H and O–H groups in total. The normalized spacial score (nSPS) is 13.7. The molecule has 0 saturated carbocycles. The van der Waals surface area contributed by atoms with Crippen LogP contribution in [0.15, 0.2) is 36.9 Å². The van der Waals surface area contributed by atoms with Crippen molar-refractivity contribution in [3.63, 3.8) is 0 Å². The first-order valence-corrected chi connectivity index (χ1v) is 10.2. The molecular formula is C25H27NO3. The van der Waals surface area contributed by atoms with Gasteiger partial charge in [-0.2, -0.15) is 0 Å². The number of benzene rings is 3. The van der Waals surface area contributed by atoms with Gasteiger partial charge in [-0.15, -0.1) is 0 Å². The van der Waals surface area contributed by atoms with Gasteiger partial charge in [0.2, 0.25) is 6.79 Å². The number of aryl methyl sites for hydroxylation is 2. The van der Waals surface area contributed by atoms with Crippen molar-refractivity contribution in [3.05, 3.63) is 59.2 Å². The first-order chi connectivity index (χ1) is 14.1. The van der Waals surface area contributed by atoms with Crippen molar-refractivity contribution in [1.82, 2.24) is 0 Å². The van der Waals surface area contributed by atoms with Crippen molar-refractivity contribution < 1.29 is 14.2 Å². The minimum atomic E-state index is 0.258. The Morgan fingerprint density at radius 2 is 1.72 bits per heavy atom. The molecule has 0 unspecified atom stereocenters. The number of anilines is 1. The van der Waals surface area contributed by atoms with Gasteiger partial charge in [0.05, 0.1) is 0 Å². The number of fused-ring (bicyclic) bond motifs is 3. The van der Waals surface area contributed by atoms with E-state index in [1.165, 1.54) is 11.1 Å². The van der Waals surface area contributed by atoms with Crippen LogP contribution in [0.5, 0.6) is 11.5 Å². The van der Waals surface area contributed by atoms with Gasteiger partial charge in [-0.25, -0.2) is 0 Å². The molecule has 0 aromatic heterocycles. The lowest BCUT2D eigenvalue weighted by molar-refractivity contribution is 0.174. The second-order valence-corrected chi connectivity index (χ2v) is 7.10. The number of hydrogen-bond acceptors (Lipinski definition) is 4. The van der Waals surface area contributed by atoms with Gasteiger partial charge in [0.1, 0.15) is 12.4 Å². The molecule has 0 atom stereocenters. The van der Waals surface area contributed by atoms with Crippen LogP contribution in [0.4, 0.5) is 5.69 Å². The predicted octanol–water partition coefficient (Wildman–Crippen LogP) is 6.22. The molecule has 4 heteroatoms. The van der Waals surface area contributed by atoms with E-state index in [9.17, 15) is 0 Å². The van der Waals surface area contributed by atoms with Gasteiger partial charge in [0, 0.05) is 27.8 Å². The van der Waals surface area contributed by atoms with Crippen LogP contribution in [0.25, 0.3) is 27.7 Å². The van der Waals surface area contributed by atoms with Gasteiger partial charge in [-0.05, 0) is 53.6 Å². The first kappa shape index (κ1) is 19.2. The molecule has 0 fully saturated rings. The van der Waals surface area contributed by atoms with E-state index in [1.807, 2.05) is 26.0 Å². The van der Waals surface area contributed by atoms with Crippen LogP contribution in [-0.4, -0.2) is 6.79 Å². The van der Waals surface area contributed by atoms with Crippen LogP contribution in [0, 0.1) is 6.92 Å². The maximum Gasteiger partial charge on any atom is 0.231 e. The second-order valence-electron chi connectivity index (χ2n) is 7.10. The molecule has 4 nitrogen and oxygen atoms in total. The maximum atomic E-state index is 6.58. The molecular weight excluding hydrogens is 362 g/mol. The van der Waals surface area contributed by atoms with E-state index in [-0.39, 0.29) is 6.79 Å². The van der Waals surface area contributed by atoms with Gasteiger partial charge in [0.25, 0.3) is 0 Å². The Kier molecular flexibility index (Phi) is 4.87. The molecule has 0 amide bonds. The topological polar surface area (TPSA) is 53.7 Å². The summed E-state index contributed by atoms with van der Waals surface area (Å²) >= 11 is 0. The van der Waals surface area contributed by atoms with Crippen LogP contribution in [-0.2, 0) is 17.8 Å². The molecule has 2 heterocycles. The molecule has 3 aromatic carbocycles. The fraction of sp³-hybridized carbons (Fsp3) is 0.280. The Morgan fingerprint density at radius 1 is 0.966 bits per heavy atom. The molecule has 3 aromatic rings. The van der Waals surface area contributed by atoms with E-state index in [0.29, 0.717) is 12.4 Å². The molecule has 29 heavy (non-hydrogen) atoms. The third kappa shape index (κ3) is 2.91. The van der Waals surface area contributed by atoms with Crippen molar-refractivity contribution in [2.75, 3.05) is 12.5 Å². The van der Waals surface area contributed by atoms with E-state index in [2.05, 4.69) is 38.6 Å². The molecule has 0 saturated heterocycles. The molecule has 0 radical (unpaired) electrons. The lowest BCUT2D eigenvalue weighted by Gasteiger charge is -2.17. The highest BCUT2D eigenvalue weighted by Gasteiger charge is 2.28. The molecule has 150 valence electrons. The number of hydrogen-bond donors (Lipinski definition) is 1. The minimum Gasteiger partial charge on any atom is -0.489 e. The second kappa shape index (κ2) is 7.36. The van der Waals surface area contributed by atoms with Gasteiger partial charge in [-0.3, -0.25) is 0 Å². The summed E-state index contributed by atoms with van der Waals surface area (Å²) < 4.78 is 16.9. The Labute approximate surface area is 171 Å². The highest BCUT2D eigenvalue weighted by atomic mass is 16.7. The van der Waals surface area contributed by atoms with Crippen LogP contribution < -0.4 is 15.2 Å². The van der Waals surface area contributed by atoms with Crippen molar-refractivity contribution in [2.24, 2.45) is 0 Å². The predicted molar refractivity (Wildman–Crippen MR) is 119 cm³/mol. The fourth-order valence-electron chi connectivity index (χ4n) is 4.19. The monoisotopic (exact) mass is 389 g/mol. The lowest BCUT2D eigenvalue weighted by atomic mass is 9.86. The van der Waals surface area contributed by atoms with Crippen molar-refractivity contribution in [2.45, 2.75) is 40.7 Å². The summed E-state index contributed by atoms with van der Waals surface area (Å²) in [6.45, 7) is 13.2. The van der Waals surface area contributed by atoms with E-state index in [4.69, 9.17) is 19.9 Å². The first-order valence-electron chi connectivity index (χ1n) is 10.2. The fourth-order valence-corrected chi connectivity index (χ4v) is 4.19. The summed E-state index contributed by atoms with van der Waals surface area (Å²) in [6, 6.07) is 10.5. The largest absolute Gasteiger partial charge is 0.489 e. The van der Waals surface area contributed by atoms with Crippen LogP contribution in [0.2, 0.25) is 0 Å². The Bertz CT molecular complexity index is 1130. The quantitative estimate of drug-likeness (QED) is 0.529. The zero-order chi connectivity index (χ0) is 20.7. The van der Waals surface area contributed by atoms with E-state index < -0.39 is 0 Å². The number of nitrogens with two attached hydrogens (primary N) is 1. The average molecular weight is 389 g/mol. The summed E-state index contributed by atoms with van der Waals surface area (Å²) in [4.78, 5) is 0. The molecule has 0 aliphatic carbocycles. The Morgan fingerprint density at radius 3 is 2.48 bits per heavy atom. The van der Waals surface area contributed by atoms with Crippen molar-refractivity contribution >= 4 is 22.2 Å². The van der Waals surface area contributed by atoms with E-state index >= 15 is 0 Å². The third-order valence-electron chi connectivity index (χ3n) is 5.62. The number of rotatable bonds is 2. The average Bonchev–Trinajstić information content (AvgIpc) is 3.36. The third-order valence-corrected chi connectivity index (χ3v) is 5.62. The van der Waals surface area contributed by atoms with E-state index in [1.54, 1.807) is 0 Å². The summed E-state index contributed by atoms with van der Waals surface area (Å²) in [6.07, 6.45) is 0.973. The number of nitrogen functional groups attached to an aromatic ring is 1. The van der Waals surface area contributed by atoms with Gasteiger partial charge in [-0.1, -0.05) is 39.5 Å². The summed E-state index contributed by atoms with van der Waals surface area (Å²) in [7, 11) is 0. The molecule has 2 aliphatic heterocycles. The van der Waals surface area contributed by atoms with Crippen LogP contribution >= 0.6 is 0 Å². The number of ether oxygens (including phenoxy) is 3. The van der Waals surface area contributed by atoms with Crippen molar-refractivity contribution in [1.29, 1.82) is 0 Å². The highest BCUT2D eigenvalue weighted by molar-refractivity contribution is 6.09. The van der Waals surface area contributed by atoms with Gasteiger partial charge in [0.15, 0.2) is 11.5 Å². The van der Waals surface area contributed by atoms with Crippen LogP contribution in [0.1, 0.15) is 43.0 Å². The summed E-state index contributed by atoms with van der Waals surface area (Å²) in [5, 5.41) is 2.19. The zero-order valence-corrected chi connectivity index (χ0v) is 17.5. The maximum absolute atomic E-state index is 6.58. The minimum absolute atomic E-state index is 0.258. The van der Waals surface area contributed by atoms with Crippen LogP contribution in [0.3, 0.4) is 0 Å². The highest BCUT2D eigenvalue weighted by Crippen LogP contribution is 2.48. The Hall–Kier alpha value is -3.14. The molecule has 0 bridgehead atoms. The van der Waals surface area contributed by atoms with Gasteiger partial charge < -0.3 is 19.9 Å². The molecule has 2 aliphatic rings. The summed E-state index contributed by atoms with van der Waals surface area (Å²) in [5.74, 6) is 2.20.